The summed E-state index contributed by atoms with van der Waals surface area (Å²) in [6.07, 6.45) is 0. The molecule has 2 amide bonds. The van der Waals surface area contributed by atoms with E-state index in [0.717, 1.165) is 0 Å². The predicted molar refractivity (Wildman–Crippen MR) is 118 cm³/mol. The first-order valence-electron chi connectivity index (χ1n) is 9.91. The van der Waals surface area contributed by atoms with Gasteiger partial charge in [0, 0.05) is 17.4 Å². The van der Waals surface area contributed by atoms with Crippen LogP contribution in [0.5, 0.6) is 17.2 Å². The van der Waals surface area contributed by atoms with E-state index in [2.05, 4.69) is 20.9 Å². The number of aromatic nitrogens is 3. The third-order valence-corrected chi connectivity index (χ3v) is 4.58. The van der Waals surface area contributed by atoms with Crippen molar-refractivity contribution < 1.29 is 23.8 Å². The fraction of sp³-hybridized carbons (Fsp3) is 0.273. The fourth-order valence-electron chi connectivity index (χ4n) is 2.96. The molecular weight excluding hydrogens is 414 g/mol. The van der Waals surface area contributed by atoms with Crippen molar-refractivity contribution in [2.24, 2.45) is 0 Å². The van der Waals surface area contributed by atoms with Gasteiger partial charge in [0.25, 0.3) is 5.91 Å². The first kappa shape index (κ1) is 22.6. The monoisotopic (exact) mass is 439 g/mol. The molecule has 0 aliphatic rings. The van der Waals surface area contributed by atoms with Gasteiger partial charge in [-0.25, -0.2) is 4.68 Å². The Morgan fingerprint density at radius 1 is 0.969 bits per heavy atom. The van der Waals surface area contributed by atoms with Gasteiger partial charge in [-0.2, -0.15) is 0 Å². The number of benzene rings is 2. The number of methoxy groups -OCH3 is 2. The normalized spacial score (nSPS) is 10.4. The van der Waals surface area contributed by atoms with E-state index >= 15 is 0 Å². The summed E-state index contributed by atoms with van der Waals surface area (Å²) in [6, 6.07) is 12.0. The lowest BCUT2D eigenvalue weighted by atomic mass is 10.2. The summed E-state index contributed by atoms with van der Waals surface area (Å²) in [4.78, 5) is 25.0. The number of ether oxygens (including phenoxy) is 3. The molecule has 3 aromatic rings. The van der Waals surface area contributed by atoms with Crippen LogP contribution in [0.3, 0.4) is 0 Å². The molecular formula is C22H25N5O5. The van der Waals surface area contributed by atoms with E-state index in [1.807, 2.05) is 6.92 Å². The van der Waals surface area contributed by atoms with Crippen LogP contribution in [0.2, 0.25) is 0 Å². The van der Waals surface area contributed by atoms with Gasteiger partial charge >= 0.3 is 0 Å². The second-order valence-corrected chi connectivity index (χ2v) is 6.71. The number of amides is 2. The molecule has 1 heterocycles. The molecule has 0 aliphatic heterocycles. The van der Waals surface area contributed by atoms with Crippen LogP contribution in [0.25, 0.3) is 0 Å². The van der Waals surface area contributed by atoms with Crippen LogP contribution >= 0.6 is 0 Å². The third kappa shape index (κ3) is 5.34. The number of anilines is 2. The molecule has 0 spiro atoms. The Balaban J connectivity index is 1.63. The van der Waals surface area contributed by atoms with E-state index < -0.39 is 5.91 Å². The molecule has 0 atom stereocenters. The Morgan fingerprint density at radius 2 is 1.66 bits per heavy atom. The summed E-state index contributed by atoms with van der Waals surface area (Å²) in [5.41, 5.74) is 1.74. The van der Waals surface area contributed by atoms with Crippen LogP contribution in [0.4, 0.5) is 11.4 Å². The standard InChI is InChI=1S/C22H25N5O5/c1-5-32-17-9-6-15(7-10-17)24-22(29)21-14(2)27(26-25-21)13-20(28)23-16-8-11-18(30-3)19(12-16)31-4/h6-12H,5,13H2,1-4H3,(H,23,28)(H,24,29). The Morgan fingerprint density at radius 3 is 2.31 bits per heavy atom. The van der Waals surface area contributed by atoms with Crippen molar-refractivity contribution in [2.75, 3.05) is 31.5 Å². The van der Waals surface area contributed by atoms with Crippen molar-refractivity contribution >= 4 is 23.2 Å². The minimum Gasteiger partial charge on any atom is -0.494 e. The number of hydrogen-bond acceptors (Lipinski definition) is 7. The summed E-state index contributed by atoms with van der Waals surface area (Å²) >= 11 is 0. The first-order valence-corrected chi connectivity index (χ1v) is 9.91. The summed E-state index contributed by atoms with van der Waals surface area (Å²) in [5.74, 6) is 1.02. The fourth-order valence-corrected chi connectivity index (χ4v) is 2.96. The van der Waals surface area contributed by atoms with Gasteiger partial charge in [-0.15, -0.1) is 5.10 Å². The molecule has 0 saturated carbocycles. The van der Waals surface area contributed by atoms with Gasteiger partial charge in [0.1, 0.15) is 12.3 Å². The smallest absolute Gasteiger partial charge is 0.278 e. The van der Waals surface area contributed by atoms with Gasteiger partial charge in [0.05, 0.1) is 26.5 Å². The Kier molecular flexibility index (Phi) is 7.27. The summed E-state index contributed by atoms with van der Waals surface area (Å²) < 4.78 is 17.2. The molecule has 2 aromatic carbocycles. The highest BCUT2D eigenvalue weighted by atomic mass is 16.5. The second kappa shape index (κ2) is 10.3. The third-order valence-electron chi connectivity index (χ3n) is 4.58. The minimum atomic E-state index is -0.418. The predicted octanol–water partition coefficient (Wildman–Crippen LogP) is 2.89. The van der Waals surface area contributed by atoms with E-state index in [-0.39, 0.29) is 18.1 Å². The van der Waals surface area contributed by atoms with E-state index in [4.69, 9.17) is 14.2 Å². The van der Waals surface area contributed by atoms with Crippen LogP contribution in [0.15, 0.2) is 42.5 Å². The van der Waals surface area contributed by atoms with E-state index in [1.54, 1.807) is 49.4 Å². The number of hydrogen-bond donors (Lipinski definition) is 2. The molecule has 0 saturated heterocycles. The van der Waals surface area contributed by atoms with Gasteiger partial charge in [-0.05, 0) is 50.2 Å². The van der Waals surface area contributed by atoms with E-state index in [9.17, 15) is 9.59 Å². The molecule has 10 nitrogen and oxygen atoms in total. The topological polar surface area (TPSA) is 117 Å². The highest BCUT2D eigenvalue weighted by Crippen LogP contribution is 2.29. The van der Waals surface area contributed by atoms with Crippen LogP contribution < -0.4 is 24.8 Å². The van der Waals surface area contributed by atoms with Gasteiger partial charge in [-0.1, -0.05) is 5.21 Å². The molecule has 32 heavy (non-hydrogen) atoms. The maximum atomic E-state index is 12.6. The van der Waals surface area contributed by atoms with Gasteiger partial charge in [0.2, 0.25) is 5.91 Å². The number of nitrogens with zero attached hydrogens (tertiary/aromatic N) is 3. The van der Waals surface area contributed by atoms with Crippen molar-refractivity contribution in [1.82, 2.24) is 15.0 Å². The molecule has 2 N–H and O–H groups in total. The quantitative estimate of drug-likeness (QED) is 0.526. The maximum Gasteiger partial charge on any atom is 0.278 e. The number of carbonyl (C=O) groups excluding carboxylic acids is 2. The van der Waals surface area contributed by atoms with Crippen LogP contribution in [-0.4, -0.2) is 47.6 Å². The lowest BCUT2D eigenvalue weighted by molar-refractivity contribution is -0.117. The molecule has 10 heteroatoms. The zero-order valence-corrected chi connectivity index (χ0v) is 18.3. The van der Waals surface area contributed by atoms with Crippen molar-refractivity contribution in [3.05, 3.63) is 53.9 Å². The molecule has 168 valence electrons. The van der Waals surface area contributed by atoms with E-state index in [0.29, 0.717) is 40.9 Å². The highest BCUT2D eigenvalue weighted by molar-refractivity contribution is 6.03. The number of rotatable bonds is 9. The molecule has 0 bridgehead atoms. The largest absolute Gasteiger partial charge is 0.494 e. The van der Waals surface area contributed by atoms with E-state index in [1.165, 1.54) is 18.9 Å². The first-order chi connectivity index (χ1) is 15.4. The Hall–Kier alpha value is -4.08. The van der Waals surface area contributed by atoms with Crippen LogP contribution in [-0.2, 0) is 11.3 Å². The van der Waals surface area contributed by atoms with Gasteiger partial charge in [0.15, 0.2) is 17.2 Å². The average Bonchev–Trinajstić information content (AvgIpc) is 3.15. The molecule has 0 fully saturated rings. The second-order valence-electron chi connectivity index (χ2n) is 6.71. The lowest BCUT2D eigenvalue weighted by Gasteiger charge is -2.11. The minimum absolute atomic E-state index is 0.108. The van der Waals surface area contributed by atoms with Crippen molar-refractivity contribution in [3.63, 3.8) is 0 Å². The Bertz CT molecular complexity index is 1090. The van der Waals surface area contributed by atoms with Crippen LogP contribution in [0, 0.1) is 6.92 Å². The molecule has 0 unspecified atom stereocenters. The summed E-state index contributed by atoms with van der Waals surface area (Å²) in [6.45, 7) is 4.03. The van der Waals surface area contributed by atoms with Crippen molar-refractivity contribution in [2.45, 2.75) is 20.4 Å². The average molecular weight is 439 g/mol. The summed E-state index contributed by atoms with van der Waals surface area (Å²) in [5, 5.41) is 13.4. The van der Waals surface area contributed by atoms with Crippen molar-refractivity contribution in [1.29, 1.82) is 0 Å². The summed E-state index contributed by atoms with van der Waals surface area (Å²) in [7, 11) is 3.05. The number of carbonyl (C=O) groups is 2. The van der Waals surface area contributed by atoms with Gasteiger partial charge < -0.3 is 24.8 Å². The molecule has 0 aliphatic carbocycles. The number of nitrogens with one attached hydrogen (secondary N) is 2. The SMILES string of the molecule is CCOc1ccc(NC(=O)c2nnn(CC(=O)Nc3ccc(OC)c(OC)c3)c2C)cc1. The molecule has 3 rings (SSSR count). The Labute approximate surface area is 185 Å². The van der Waals surface area contributed by atoms with Gasteiger partial charge in [-0.3, -0.25) is 9.59 Å². The maximum absolute atomic E-state index is 12.6. The molecule has 0 radical (unpaired) electrons. The highest BCUT2D eigenvalue weighted by Gasteiger charge is 2.18. The zero-order valence-electron chi connectivity index (χ0n) is 18.3. The lowest BCUT2D eigenvalue weighted by Crippen LogP contribution is -2.21. The van der Waals surface area contributed by atoms with Crippen LogP contribution in [0.1, 0.15) is 23.1 Å². The van der Waals surface area contributed by atoms with Crippen molar-refractivity contribution in [3.8, 4) is 17.2 Å². The molecule has 1 aromatic heterocycles. The zero-order chi connectivity index (χ0) is 23.1.